The monoisotopic (exact) mass is 283 g/mol. The van der Waals surface area contributed by atoms with Gasteiger partial charge in [-0.3, -0.25) is 4.79 Å². The topological polar surface area (TPSA) is 74.2 Å². The normalized spacial score (nSPS) is 12.2. The second-order valence-corrected chi connectivity index (χ2v) is 5.59. The Hall–Kier alpha value is -1.40. The first-order valence-electron chi connectivity index (χ1n) is 6.31. The Balaban J connectivity index is 2.37. The van der Waals surface area contributed by atoms with E-state index in [1.807, 2.05) is 13.8 Å². The lowest BCUT2D eigenvalue weighted by Gasteiger charge is -2.14. The fourth-order valence-corrected chi connectivity index (χ4v) is 2.11. The average molecular weight is 283 g/mol. The summed E-state index contributed by atoms with van der Waals surface area (Å²) >= 11 is 1.30. The van der Waals surface area contributed by atoms with Crippen molar-refractivity contribution in [1.82, 2.24) is 10.3 Å². The van der Waals surface area contributed by atoms with Gasteiger partial charge >= 0.3 is 0 Å². The van der Waals surface area contributed by atoms with Crippen LogP contribution in [-0.4, -0.2) is 35.2 Å². The van der Waals surface area contributed by atoms with Gasteiger partial charge < -0.3 is 15.7 Å². The molecule has 0 radical (unpaired) electrons. The van der Waals surface area contributed by atoms with Crippen LogP contribution in [0.25, 0.3) is 0 Å². The minimum absolute atomic E-state index is 0.153. The second kappa shape index (κ2) is 7.91. The third-order valence-corrected chi connectivity index (χ3v) is 3.58. The zero-order chi connectivity index (χ0) is 14.3. The van der Waals surface area contributed by atoms with Gasteiger partial charge in [0.15, 0.2) is 5.13 Å². The minimum atomic E-state index is -0.383. The van der Waals surface area contributed by atoms with Gasteiger partial charge in [-0.05, 0) is 12.3 Å². The van der Waals surface area contributed by atoms with Crippen LogP contribution in [0.4, 0.5) is 5.13 Å². The number of nitrogens with zero attached hydrogens (tertiary/aromatic N) is 1. The zero-order valence-electron chi connectivity index (χ0n) is 11.3. The Bertz CT molecular complexity index is 418. The third-order valence-electron chi connectivity index (χ3n) is 2.62. The first kappa shape index (κ1) is 15.7. The molecular weight excluding hydrogens is 262 g/mol. The molecule has 0 aromatic carbocycles. The molecule has 1 amide bonds. The summed E-state index contributed by atoms with van der Waals surface area (Å²) in [5.41, 5.74) is 0. The Morgan fingerprint density at radius 3 is 3.00 bits per heavy atom. The molecule has 1 unspecified atom stereocenters. The Morgan fingerprint density at radius 2 is 2.37 bits per heavy atom. The molecule has 106 valence electrons. The lowest BCUT2D eigenvalue weighted by molar-refractivity contribution is 0.0923. The minimum Gasteiger partial charge on any atom is -0.393 e. The van der Waals surface area contributed by atoms with Gasteiger partial charge in [-0.25, -0.2) is 4.98 Å². The van der Waals surface area contributed by atoms with E-state index in [9.17, 15) is 9.90 Å². The van der Waals surface area contributed by atoms with Gasteiger partial charge in [0.2, 0.25) is 0 Å². The highest BCUT2D eigenvalue weighted by atomic mass is 32.1. The molecule has 1 rings (SSSR count). The largest absolute Gasteiger partial charge is 0.393 e. The second-order valence-electron chi connectivity index (χ2n) is 4.56. The van der Waals surface area contributed by atoms with Crippen molar-refractivity contribution in [3.63, 3.8) is 0 Å². The number of thiazole rings is 1. The van der Waals surface area contributed by atoms with E-state index in [0.717, 1.165) is 0 Å². The van der Waals surface area contributed by atoms with Crippen LogP contribution in [0.3, 0.4) is 0 Å². The quantitative estimate of drug-likeness (QED) is 0.637. The van der Waals surface area contributed by atoms with Crippen molar-refractivity contribution >= 4 is 22.4 Å². The summed E-state index contributed by atoms with van der Waals surface area (Å²) in [7, 11) is 0. The number of amides is 1. The van der Waals surface area contributed by atoms with Gasteiger partial charge in [-0.1, -0.05) is 31.3 Å². The Labute approximate surface area is 117 Å². The van der Waals surface area contributed by atoms with Crippen LogP contribution in [0, 0.1) is 5.92 Å². The molecule has 0 aliphatic rings. The molecule has 0 aliphatic carbocycles. The predicted molar refractivity (Wildman–Crippen MR) is 78.6 cm³/mol. The molecule has 0 saturated heterocycles. The fourth-order valence-electron chi connectivity index (χ4n) is 1.37. The Morgan fingerprint density at radius 1 is 1.63 bits per heavy atom. The van der Waals surface area contributed by atoms with Crippen LogP contribution in [0.2, 0.25) is 0 Å². The highest BCUT2D eigenvalue weighted by Gasteiger charge is 2.12. The number of carbonyl (C=O) groups is 1. The maximum Gasteiger partial charge on any atom is 0.263 e. The molecule has 0 fully saturated rings. The Kier molecular flexibility index (Phi) is 6.52. The van der Waals surface area contributed by atoms with E-state index in [0.29, 0.717) is 29.5 Å². The number of anilines is 1. The van der Waals surface area contributed by atoms with Crippen LogP contribution < -0.4 is 10.6 Å². The summed E-state index contributed by atoms with van der Waals surface area (Å²) in [5, 5.41) is 16.1. The van der Waals surface area contributed by atoms with Crippen LogP contribution >= 0.6 is 11.3 Å². The van der Waals surface area contributed by atoms with Gasteiger partial charge in [0, 0.05) is 13.1 Å². The molecule has 0 bridgehead atoms. The average Bonchev–Trinajstić information content (AvgIpc) is 2.84. The van der Waals surface area contributed by atoms with E-state index in [-0.39, 0.29) is 17.9 Å². The van der Waals surface area contributed by atoms with E-state index >= 15 is 0 Å². The molecule has 5 nitrogen and oxygen atoms in total. The van der Waals surface area contributed by atoms with Crippen LogP contribution in [0.15, 0.2) is 18.9 Å². The highest BCUT2D eigenvalue weighted by Crippen LogP contribution is 2.17. The summed E-state index contributed by atoms with van der Waals surface area (Å²) in [6.45, 7) is 8.59. The van der Waals surface area contributed by atoms with Gasteiger partial charge in [0.25, 0.3) is 5.91 Å². The van der Waals surface area contributed by atoms with Crippen molar-refractivity contribution in [2.24, 2.45) is 5.92 Å². The number of hydrogen-bond donors (Lipinski definition) is 3. The molecule has 19 heavy (non-hydrogen) atoms. The highest BCUT2D eigenvalue weighted by molar-refractivity contribution is 7.17. The number of hydrogen-bond acceptors (Lipinski definition) is 5. The van der Waals surface area contributed by atoms with E-state index in [1.165, 1.54) is 11.3 Å². The van der Waals surface area contributed by atoms with Crippen LogP contribution in [-0.2, 0) is 0 Å². The van der Waals surface area contributed by atoms with Crippen LogP contribution in [0.5, 0.6) is 0 Å². The van der Waals surface area contributed by atoms with E-state index in [2.05, 4.69) is 22.2 Å². The maximum atomic E-state index is 11.8. The van der Waals surface area contributed by atoms with Crippen LogP contribution in [0.1, 0.15) is 29.9 Å². The number of carbonyl (C=O) groups excluding carboxylic acids is 1. The molecule has 1 aromatic heterocycles. The molecule has 1 atom stereocenters. The standard InChI is InChI=1S/C13H21N3O2S/c1-4-6-15-13-16-8-11(19-13)12(18)14-7-5-10(17)9(2)3/h4,8-10,17H,1,5-7H2,2-3H3,(H,14,18)(H,15,16). The van der Waals surface area contributed by atoms with Gasteiger partial charge in [0.05, 0.1) is 12.3 Å². The summed E-state index contributed by atoms with van der Waals surface area (Å²) < 4.78 is 0. The summed E-state index contributed by atoms with van der Waals surface area (Å²) in [6, 6.07) is 0. The lowest BCUT2D eigenvalue weighted by atomic mass is 10.0. The number of aromatic nitrogens is 1. The molecule has 1 heterocycles. The molecule has 0 spiro atoms. The van der Waals surface area contributed by atoms with E-state index in [1.54, 1.807) is 12.3 Å². The molecular formula is C13H21N3O2S. The molecule has 6 heteroatoms. The predicted octanol–water partition coefficient (Wildman–Crippen LogP) is 1.88. The zero-order valence-corrected chi connectivity index (χ0v) is 12.2. The van der Waals surface area contributed by atoms with Gasteiger partial charge in [-0.15, -0.1) is 6.58 Å². The molecule has 3 N–H and O–H groups in total. The fraction of sp³-hybridized carbons (Fsp3) is 0.538. The summed E-state index contributed by atoms with van der Waals surface area (Å²) in [5.74, 6) is 0.0510. The van der Waals surface area contributed by atoms with Crippen molar-refractivity contribution in [2.45, 2.75) is 26.4 Å². The third kappa shape index (κ3) is 5.40. The summed E-state index contributed by atoms with van der Waals surface area (Å²) in [6.07, 6.45) is 3.45. The maximum absolute atomic E-state index is 11.8. The van der Waals surface area contributed by atoms with Crippen molar-refractivity contribution in [1.29, 1.82) is 0 Å². The van der Waals surface area contributed by atoms with E-state index in [4.69, 9.17) is 0 Å². The summed E-state index contributed by atoms with van der Waals surface area (Å²) in [4.78, 5) is 16.5. The molecule has 0 saturated carbocycles. The van der Waals surface area contributed by atoms with Gasteiger partial charge in [-0.2, -0.15) is 0 Å². The number of rotatable bonds is 8. The molecule has 1 aromatic rings. The smallest absolute Gasteiger partial charge is 0.263 e. The first-order chi connectivity index (χ1) is 9.04. The number of aliphatic hydroxyl groups is 1. The van der Waals surface area contributed by atoms with E-state index < -0.39 is 0 Å². The number of nitrogens with one attached hydrogen (secondary N) is 2. The van der Waals surface area contributed by atoms with Crippen molar-refractivity contribution < 1.29 is 9.90 Å². The number of aliphatic hydroxyl groups excluding tert-OH is 1. The lowest BCUT2D eigenvalue weighted by Crippen LogP contribution is -2.28. The van der Waals surface area contributed by atoms with Crippen molar-refractivity contribution in [3.05, 3.63) is 23.7 Å². The van der Waals surface area contributed by atoms with Crippen molar-refractivity contribution in [3.8, 4) is 0 Å². The first-order valence-corrected chi connectivity index (χ1v) is 7.13. The SMILES string of the molecule is C=CCNc1ncc(C(=O)NCCC(O)C(C)C)s1. The molecule has 0 aliphatic heterocycles. The van der Waals surface area contributed by atoms with Gasteiger partial charge in [0.1, 0.15) is 4.88 Å². The van der Waals surface area contributed by atoms with Crippen molar-refractivity contribution in [2.75, 3.05) is 18.4 Å².